The summed E-state index contributed by atoms with van der Waals surface area (Å²) in [6.07, 6.45) is -0.315. The fourth-order valence-corrected chi connectivity index (χ4v) is 7.63. The minimum atomic E-state index is -0.315. The van der Waals surface area contributed by atoms with E-state index in [1.165, 1.54) is 11.1 Å². The topological polar surface area (TPSA) is 62.5 Å². The van der Waals surface area contributed by atoms with Gasteiger partial charge in [0.05, 0.1) is 11.4 Å². The number of aliphatic imine (C=N–C) groups is 2. The van der Waals surface area contributed by atoms with Gasteiger partial charge in [-0.05, 0) is 63.2 Å². The van der Waals surface area contributed by atoms with Gasteiger partial charge in [0.2, 0.25) is 0 Å². The van der Waals surface area contributed by atoms with Crippen molar-refractivity contribution in [1.29, 1.82) is 0 Å². The molecule has 1 N–H and O–H groups in total. The molecule has 0 saturated carbocycles. The van der Waals surface area contributed by atoms with Gasteiger partial charge in [-0.15, -0.1) is 0 Å². The number of rotatable bonds is 9. The van der Waals surface area contributed by atoms with Gasteiger partial charge in [-0.25, -0.2) is 20.0 Å². The highest BCUT2D eigenvalue weighted by Crippen LogP contribution is 2.32. The summed E-state index contributed by atoms with van der Waals surface area (Å²) in [5.74, 6) is 2.14. The molecule has 0 bridgehead atoms. The zero-order chi connectivity index (χ0) is 40.1. The molecule has 0 aliphatic carbocycles. The predicted octanol–water partition coefficient (Wildman–Crippen LogP) is 13.0. The van der Waals surface area contributed by atoms with Crippen LogP contribution in [-0.2, 0) is 0 Å². The molecule has 0 fully saturated rings. The zero-order valence-corrected chi connectivity index (χ0v) is 32.7. The molecule has 1 atom stereocenters. The smallest absolute Gasteiger partial charge is 0.160 e. The first kappa shape index (κ1) is 36.3. The van der Waals surface area contributed by atoms with E-state index >= 15 is 0 Å². The monoisotopic (exact) mass is 769 g/mol. The molecule has 284 valence electrons. The lowest BCUT2D eigenvalue weighted by molar-refractivity contribution is 0.674. The molecule has 0 saturated heterocycles. The second-order valence-corrected chi connectivity index (χ2v) is 14.8. The summed E-state index contributed by atoms with van der Waals surface area (Å²) in [7, 11) is 0. The van der Waals surface area contributed by atoms with Crippen molar-refractivity contribution in [3.05, 3.63) is 241 Å². The van der Waals surface area contributed by atoms with Crippen LogP contribution in [-0.4, -0.2) is 21.6 Å². The third kappa shape index (κ3) is 7.80. The summed E-state index contributed by atoms with van der Waals surface area (Å²) in [5, 5.41) is 3.66. The number of aromatic nitrogens is 2. The van der Waals surface area contributed by atoms with Crippen LogP contribution in [0.1, 0.15) is 22.9 Å². The highest BCUT2D eigenvalue weighted by molar-refractivity contribution is 6.13. The van der Waals surface area contributed by atoms with Crippen molar-refractivity contribution < 1.29 is 0 Å². The Morgan fingerprint density at radius 3 is 1.37 bits per heavy atom. The van der Waals surface area contributed by atoms with E-state index in [4.69, 9.17) is 20.0 Å². The van der Waals surface area contributed by atoms with E-state index in [1.54, 1.807) is 0 Å². The van der Waals surface area contributed by atoms with Crippen LogP contribution in [0.25, 0.3) is 67.3 Å². The van der Waals surface area contributed by atoms with E-state index in [9.17, 15) is 0 Å². The third-order valence-electron chi connectivity index (χ3n) is 10.8. The van der Waals surface area contributed by atoms with Gasteiger partial charge in [-0.2, -0.15) is 0 Å². The Labute approximate surface area is 350 Å². The van der Waals surface area contributed by atoms with E-state index in [2.05, 4.69) is 169 Å². The normalized spacial score (nSPS) is 13.5. The first-order chi connectivity index (χ1) is 29.7. The molecular formula is C55H39N5. The van der Waals surface area contributed by atoms with Gasteiger partial charge in [0.15, 0.2) is 11.7 Å². The van der Waals surface area contributed by atoms with Crippen LogP contribution in [0.15, 0.2) is 234 Å². The third-order valence-corrected chi connectivity index (χ3v) is 10.8. The molecule has 2 heterocycles. The maximum Gasteiger partial charge on any atom is 0.160 e. The first-order valence-electron chi connectivity index (χ1n) is 20.2. The maximum absolute atomic E-state index is 5.20. The number of amidine groups is 2. The number of benzene rings is 8. The minimum absolute atomic E-state index is 0.315. The van der Waals surface area contributed by atoms with E-state index in [-0.39, 0.29) is 6.17 Å². The maximum atomic E-state index is 5.20. The van der Waals surface area contributed by atoms with E-state index < -0.39 is 0 Å². The molecule has 1 aliphatic rings. The van der Waals surface area contributed by atoms with E-state index in [1.807, 2.05) is 60.7 Å². The zero-order valence-electron chi connectivity index (χ0n) is 32.7. The van der Waals surface area contributed by atoms with Gasteiger partial charge in [0, 0.05) is 27.8 Å². The SMILES string of the molecule is c1ccc(-c2ccc(-c3cccc(C4=NC(c5ccccc5)NC(c5cccc(-c6cccc(-c7cc(-c8ccccc8)nc(-c8ccccc8)n7)c6)c5)=N4)c3)cc2)cc1. The van der Waals surface area contributed by atoms with Gasteiger partial charge in [-0.1, -0.05) is 200 Å². The van der Waals surface area contributed by atoms with Crippen molar-refractivity contribution in [1.82, 2.24) is 15.3 Å². The van der Waals surface area contributed by atoms with Crippen LogP contribution in [0, 0.1) is 0 Å². The Balaban J connectivity index is 0.994. The predicted molar refractivity (Wildman–Crippen MR) is 246 cm³/mol. The summed E-state index contributed by atoms with van der Waals surface area (Å²) in [6, 6.07) is 77.7. The standard InChI is InChI=1S/C55H39N5/c1-5-16-38(17-6-1)39-30-32-40(33-31-39)44-24-14-28-48(35-44)54-58-53(43-22-11-4-12-23-43)59-55(60-54)49-29-15-26-46(36-49)45-25-13-27-47(34-45)51-37-50(41-18-7-2-8-19-41)56-52(57-51)42-20-9-3-10-21-42/h1-37,53H,(H,58,59,60). The summed E-state index contributed by atoms with van der Waals surface area (Å²) >= 11 is 0. The first-order valence-corrected chi connectivity index (χ1v) is 20.2. The second-order valence-electron chi connectivity index (χ2n) is 14.8. The molecule has 5 nitrogen and oxygen atoms in total. The van der Waals surface area contributed by atoms with Crippen molar-refractivity contribution in [2.45, 2.75) is 6.17 Å². The number of nitrogens with one attached hydrogen (secondary N) is 1. The summed E-state index contributed by atoms with van der Waals surface area (Å²) in [5.41, 5.74) is 14.5. The Kier molecular flexibility index (Phi) is 9.96. The van der Waals surface area contributed by atoms with Crippen LogP contribution < -0.4 is 5.32 Å². The molecule has 0 spiro atoms. The molecule has 1 unspecified atom stereocenters. The fourth-order valence-electron chi connectivity index (χ4n) is 7.63. The molecule has 1 aromatic heterocycles. The number of hydrogen-bond donors (Lipinski definition) is 1. The van der Waals surface area contributed by atoms with Gasteiger partial charge >= 0.3 is 0 Å². The van der Waals surface area contributed by atoms with E-state index in [0.29, 0.717) is 11.7 Å². The Morgan fingerprint density at radius 1 is 0.317 bits per heavy atom. The summed E-state index contributed by atoms with van der Waals surface area (Å²) < 4.78 is 0. The number of nitrogens with zero attached hydrogens (tertiary/aromatic N) is 4. The van der Waals surface area contributed by atoms with Gasteiger partial charge in [-0.3, -0.25) is 0 Å². The molecule has 0 amide bonds. The van der Waals surface area contributed by atoms with Crippen molar-refractivity contribution in [2.24, 2.45) is 9.98 Å². The van der Waals surface area contributed by atoms with Crippen molar-refractivity contribution in [3.8, 4) is 67.3 Å². The van der Waals surface area contributed by atoms with Gasteiger partial charge < -0.3 is 5.32 Å². The molecule has 10 rings (SSSR count). The Morgan fingerprint density at radius 2 is 0.733 bits per heavy atom. The number of hydrogen-bond acceptors (Lipinski definition) is 5. The molecular weight excluding hydrogens is 731 g/mol. The molecule has 0 radical (unpaired) electrons. The van der Waals surface area contributed by atoms with Crippen LogP contribution in [0.2, 0.25) is 0 Å². The molecule has 8 aromatic carbocycles. The molecule has 1 aliphatic heterocycles. The molecule has 5 heteroatoms. The summed E-state index contributed by atoms with van der Waals surface area (Å²) in [4.78, 5) is 20.5. The van der Waals surface area contributed by atoms with Crippen LogP contribution in [0.5, 0.6) is 0 Å². The van der Waals surface area contributed by atoms with Crippen molar-refractivity contribution in [2.75, 3.05) is 0 Å². The average molecular weight is 770 g/mol. The molecule has 9 aromatic rings. The van der Waals surface area contributed by atoms with Crippen molar-refractivity contribution in [3.63, 3.8) is 0 Å². The second kappa shape index (κ2) is 16.5. The van der Waals surface area contributed by atoms with Crippen LogP contribution >= 0.6 is 0 Å². The average Bonchev–Trinajstić information content (AvgIpc) is 3.35. The Bertz CT molecular complexity index is 2920. The quantitative estimate of drug-likeness (QED) is 0.159. The summed E-state index contributed by atoms with van der Waals surface area (Å²) in [6.45, 7) is 0. The minimum Gasteiger partial charge on any atom is -0.344 e. The van der Waals surface area contributed by atoms with Crippen LogP contribution in [0.3, 0.4) is 0 Å². The highest BCUT2D eigenvalue weighted by Gasteiger charge is 2.22. The van der Waals surface area contributed by atoms with E-state index in [0.717, 1.165) is 72.9 Å². The van der Waals surface area contributed by atoms with Crippen molar-refractivity contribution >= 4 is 11.7 Å². The lowest BCUT2D eigenvalue weighted by atomic mass is 9.98. The lowest BCUT2D eigenvalue weighted by Crippen LogP contribution is -2.33. The van der Waals surface area contributed by atoms with Gasteiger partial charge in [0.25, 0.3) is 0 Å². The highest BCUT2D eigenvalue weighted by atomic mass is 15.2. The lowest BCUT2D eigenvalue weighted by Gasteiger charge is -2.24. The largest absolute Gasteiger partial charge is 0.344 e. The van der Waals surface area contributed by atoms with Gasteiger partial charge in [0.1, 0.15) is 12.0 Å². The Hall–Kier alpha value is -8.02. The fraction of sp³-hybridized carbons (Fsp3) is 0.0182. The molecule has 60 heavy (non-hydrogen) atoms. The van der Waals surface area contributed by atoms with Crippen LogP contribution in [0.4, 0.5) is 0 Å².